The Hall–Kier alpha value is -14.0. The molecule has 0 fully saturated rings. The van der Waals surface area contributed by atoms with Gasteiger partial charge in [0, 0.05) is 90.5 Å². The summed E-state index contributed by atoms with van der Waals surface area (Å²) in [7, 11) is 0. The van der Waals surface area contributed by atoms with Gasteiger partial charge in [0.25, 0.3) is 0 Å². The molecule has 17 aromatic rings. The zero-order chi connectivity index (χ0) is 70.0. The van der Waals surface area contributed by atoms with Crippen molar-refractivity contribution in [1.82, 2.24) is 34.9 Å². The van der Waals surface area contributed by atoms with Gasteiger partial charge in [-0.05, 0) is 118 Å². The smallest absolute Gasteiger partial charge is 0.182 e. The Morgan fingerprint density at radius 3 is 1.16 bits per heavy atom. The van der Waals surface area contributed by atoms with E-state index in [1.165, 1.54) is 45.0 Å². The van der Waals surface area contributed by atoms with Gasteiger partial charge in [0.2, 0.25) is 0 Å². The third-order valence-electron chi connectivity index (χ3n) is 20.8. The predicted octanol–water partition coefficient (Wildman–Crippen LogP) is 23.0. The first-order valence-corrected chi connectivity index (χ1v) is 35.8. The molecule has 4 aliphatic rings. The van der Waals surface area contributed by atoms with Crippen molar-refractivity contribution < 1.29 is 8.83 Å². The highest BCUT2D eigenvalue weighted by Gasteiger charge is 2.45. The molecule has 0 amide bonds. The highest BCUT2D eigenvalue weighted by molar-refractivity contribution is 6.00. The summed E-state index contributed by atoms with van der Waals surface area (Å²) in [6.45, 7) is 0. The third-order valence-corrected chi connectivity index (χ3v) is 20.8. The summed E-state index contributed by atoms with van der Waals surface area (Å²) in [5.41, 5.74) is 23.3. The number of nitrogens with zero attached hydrogens (tertiary/aromatic N) is 9. The van der Waals surface area contributed by atoms with Crippen LogP contribution in [0.25, 0.3) is 136 Å². The van der Waals surface area contributed by atoms with Crippen molar-refractivity contribution >= 4 is 56.8 Å². The van der Waals surface area contributed by atoms with E-state index in [1.54, 1.807) is 6.20 Å². The van der Waals surface area contributed by atoms with Gasteiger partial charge in [0.05, 0.1) is 17.6 Å². The van der Waals surface area contributed by atoms with E-state index in [0.717, 1.165) is 94.7 Å². The summed E-state index contributed by atoms with van der Waals surface area (Å²) < 4.78 is 13.5. The number of anilines is 4. The zero-order valence-electron chi connectivity index (χ0n) is 57.2. The lowest BCUT2D eigenvalue weighted by Gasteiger charge is -2.30. The maximum absolute atomic E-state index is 6.83. The first-order chi connectivity index (χ1) is 52.6. The largest absolute Gasteiger partial charge is 0.456 e. The van der Waals surface area contributed by atoms with E-state index in [2.05, 4.69) is 300 Å². The van der Waals surface area contributed by atoms with Crippen molar-refractivity contribution in [2.75, 3.05) is 9.80 Å². The summed E-state index contributed by atoms with van der Waals surface area (Å²) in [5, 5.41) is 2.22. The molecule has 0 saturated heterocycles. The van der Waals surface area contributed by atoms with E-state index >= 15 is 0 Å². The third kappa shape index (κ3) is 10.9. The van der Waals surface area contributed by atoms with Gasteiger partial charge in [-0.25, -0.2) is 29.9 Å². The molecule has 5 aromatic heterocycles. The zero-order valence-corrected chi connectivity index (χ0v) is 57.2. The minimum atomic E-state index is 0.116. The molecule has 4 atom stereocenters. The van der Waals surface area contributed by atoms with Crippen molar-refractivity contribution in [2.24, 2.45) is 0 Å². The molecule has 0 N–H and O–H groups in total. The Kier molecular flexibility index (Phi) is 15.2. The highest BCUT2D eigenvalue weighted by atomic mass is 16.3. The Morgan fingerprint density at radius 1 is 0.274 bits per heavy atom. The standard InChI is InChI=1S/C57H38N4O.C38H25N5O/c1-4-15-37(16-5-1)41-19-12-21-43(35-41)56-58-55(59-57(60-56)44-22-13-20-42(36-44)38-17-6-2-7-18-38)40-31-29-39(30-32-40)46-26-14-27-48-53-51(62-54(46)48)34-33-50-52(53)47-25-10-11-28-49(47)61(50)45-23-8-3-9-24-45;1-3-12-24(13-4-1)36-40-37(42-38(41-36)29-19-9-10-23-39-29)28-18-11-17-27-34-32(44-35(27)28)22-21-31-33(34)26-16-7-8-20-30(26)43(31)25-14-5-2-6-15-25/h1-36,50,52H;1-23,31,33H. The molecular weight excluding hydrogens is 1300 g/mol. The van der Waals surface area contributed by atoms with Gasteiger partial charge in [-0.1, -0.05) is 273 Å². The summed E-state index contributed by atoms with van der Waals surface area (Å²) in [6, 6.07) is 114. The minimum Gasteiger partial charge on any atom is -0.456 e. The Balaban J connectivity index is 0.000000149. The van der Waals surface area contributed by atoms with Gasteiger partial charge in [-0.15, -0.1) is 0 Å². The number of fused-ring (bicyclic) bond motifs is 14. The van der Waals surface area contributed by atoms with Gasteiger partial charge >= 0.3 is 0 Å². The van der Waals surface area contributed by atoms with Crippen molar-refractivity contribution in [1.29, 1.82) is 0 Å². The molecule has 106 heavy (non-hydrogen) atoms. The molecule has 12 aromatic carbocycles. The van der Waals surface area contributed by atoms with Crippen LogP contribution in [0, 0.1) is 0 Å². The first-order valence-electron chi connectivity index (χ1n) is 35.8. The Bertz CT molecular complexity index is 6090. The molecule has 11 nitrogen and oxygen atoms in total. The summed E-state index contributed by atoms with van der Waals surface area (Å²) in [5.74, 6) is 5.56. The van der Waals surface area contributed by atoms with Crippen LogP contribution in [0.5, 0.6) is 0 Å². The molecule has 0 bridgehead atoms. The molecule has 0 saturated carbocycles. The molecule has 2 aliphatic carbocycles. The highest BCUT2D eigenvalue weighted by Crippen LogP contribution is 2.56. The fraction of sp³-hybridized carbons (Fsp3) is 0.0421. The summed E-state index contributed by atoms with van der Waals surface area (Å²) in [6.07, 6.45) is 10.6. The average molecular weight is 1360 g/mol. The Morgan fingerprint density at radius 2 is 0.651 bits per heavy atom. The van der Waals surface area contributed by atoms with Gasteiger partial charge in [-0.2, -0.15) is 0 Å². The van der Waals surface area contributed by atoms with Crippen LogP contribution in [0.3, 0.4) is 0 Å². The van der Waals surface area contributed by atoms with E-state index in [4.69, 9.17) is 38.7 Å². The number of para-hydroxylation sites is 6. The molecule has 7 heterocycles. The van der Waals surface area contributed by atoms with Crippen LogP contribution < -0.4 is 9.80 Å². The average Bonchev–Trinajstić information content (AvgIpc) is 1.57. The molecule has 21 rings (SSSR count). The van der Waals surface area contributed by atoms with Crippen LogP contribution in [-0.2, 0) is 0 Å². The molecule has 4 unspecified atom stereocenters. The van der Waals surface area contributed by atoms with Crippen molar-refractivity contribution in [3.63, 3.8) is 0 Å². The van der Waals surface area contributed by atoms with Gasteiger partial charge in [-0.3, -0.25) is 4.98 Å². The minimum absolute atomic E-state index is 0.116. The van der Waals surface area contributed by atoms with E-state index in [-0.39, 0.29) is 23.9 Å². The molecular formula is C95H63N9O2. The van der Waals surface area contributed by atoms with Crippen LogP contribution in [0.4, 0.5) is 22.7 Å². The summed E-state index contributed by atoms with van der Waals surface area (Å²) >= 11 is 0. The van der Waals surface area contributed by atoms with Gasteiger partial charge in [0.15, 0.2) is 34.9 Å². The monoisotopic (exact) mass is 1360 g/mol. The van der Waals surface area contributed by atoms with Gasteiger partial charge < -0.3 is 18.6 Å². The molecule has 0 spiro atoms. The fourth-order valence-electron chi connectivity index (χ4n) is 16.1. The lowest BCUT2D eigenvalue weighted by Crippen LogP contribution is -2.30. The molecule has 2 aliphatic heterocycles. The normalized spacial score (nSPS) is 15.6. The van der Waals surface area contributed by atoms with Crippen LogP contribution in [0.1, 0.15) is 45.6 Å². The number of hydrogen-bond acceptors (Lipinski definition) is 11. The van der Waals surface area contributed by atoms with Crippen molar-refractivity contribution in [3.05, 3.63) is 380 Å². The van der Waals surface area contributed by atoms with E-state index in [9.17, 15) is 0 Å². The number of pyridine rings is 1. The number of rotatable bonds is 11. The van der Waals surface area contributed by atoms with Gasteiger partial charge in [0.1, 0.15) is 28.4 Å². The van der Waals surface area contributed by atoms with E-state index < -0.39 is 0 Å². The number of aromatic nitrogens is 7. The van der Waals surface area contributed by atoms with Crippen molar-refractivity contribution in [2.45, 2.75) is 23.9 Å². The maximum atomic E-state index is 6.83. The lowest BCUT2D eigenvalue weighted by molar-refractivity contribution is 0.584. The van der Waals surface area contributed by atoms with Crippen LogP contribution >= 0.6 is 0 Å². The molecule has 500 valence electrons. The lowest BCUT2D eigenvalue weighted by atomic mass is 9.82. The topological polar surface area (TPSA) is 123 Å². The second kappa shape index (κ2) is 26.1. The summed E-state index contributed by atoms with van der Waals surface area (Å²) in [4.78, 5) is 39.6. The Labute approximate surface area is 612 Å². The van der Waals surface area contributed by atoms with Crippen LogP contribution in [0.15, 0.2) is 355 Å². The first kappa shape index (κ1) is 61.8. The van der Waals surface area contributed by atoms with E-state index in [0.29, 0.717) is 40.6 Å². The second-order valence-corrected chi connectivity index (χ2v) is 27.0. The fourth-order valence-corrected chi connectivity index (χ4v) is 16.1. The van der Waals surface area contributed by atoms with Crippen molar-refractivity contribution in [3.8, 4) is 102 Å². The quantitative estimate of drug-likeness (QED) is 0.123. The number of furan rings is 2. The molecule has 11 heteroatoms. The second-order valence-electron chi connectivity index (χ2n) is 27.0. The number of benzene rings is 12. The SMILES string of the molecule is C1=CC2C(c3ccccc3N2c2ccccc2)c2c1oc1c(-c3ccc(-c4nc(-c5cccc(-c6ccccc6)c5)nc(-c5cccc(-c6ccccc6)c5)n4)cc3)cccc21.C1=CC2C(c3ccccc3N2c2ccccc2)c2c1oc1c(-c3nc(-c4ccccc4)nc(-c4ccccn4)n3)cccc21. The number of hydrogen-bond donors (Lipinski definition) is 0. The van der Waals surface area contributed by atoms with E-state index in [1.807, 2.05) is 66.7 Å². The van der Waals surface area contributed by atoms with Crippen LogP contribution in [0.2, 0.25) is 0 Å². The predicted molar refractivity (Wildman–Crippen MR) is 425 cm³/mol. The maximum Gasteiger partial charge on any atom is 0.182 e. The van der Waals surface area contributed by atoms with Crippen LogP contribution in [-0.4, -0.2) is 47.0 Å². The molecule has 0 radical (unpaired) electrons.